The number of hydrogen-bond acceptors (Lipinski definition) is 3. The molecule has 0 aromatic carbocycles. The minimum Gasteiger partial charge on any atom is -0.375 e. The fourth-order valence-corrected chi connectivity index (χ4v) is 1.90. The molecule has 1 aromatic heterocycles. The number of nitrogens with one attached hydrogen (secondary N) is 1. The van der Waals surface area contributed by atoms with Crippen LogP contribution in [0.2, 0.25) is 5.02 Å². The van der Waals surface area contributed by atoms with Crippen LogP contribution in [-0.4, -0.2) is 18.1 Å². The topological polar surface area (TPSA) is 34.1 Å². The molecule has 19 heavy (non-hydrogen) atoms. The van der Waals surface area contributed by atoms with Crippen LogP contribution in [0.1, 0.15) is 51.6 Å². The zero-order valence-corrected chi connectivity index (χ0v) is 12.8. The van der Waals surface area contributed by atoms with Crippen LogP contribution in [0.25, 0.3) is 0 Å². The number of ether oxygens (including phenoxy) is 1. The van der Waals surface area contributed by atoms with E-state index < -0.39 is 0 Å². The van der Waals surface area contributed by atoms with Gasteiger partial charge in [0.15, 0.2) is 0 Å². The van der Waals surface area contributed by atoms with Crippen molar-refractivity contribution in [3.63, 3.8) is 0 Å². The number of halogens is 1. The second kappa shape index (κ2) is 10.0. The Hall–Kier alpha value is -0.800. The van der Waals surface area contributed by atoms with Gasteiger partial charge >= 0.3 is 0 Å². The van der Waals surface area contributed by atoms with Crippen molar-refractivity contribution in [3.05, 3.63) is 22.8 Å². The molecule has 0 radical (unpaired) electrons. The minimum absolute atomic E-state index is 0.493. The molecule has 1 aromatic rings. The quantitative estimate of drug-likeness (QED) is 0.635. The van der Waals surface area contributed by atoms with E-state index in [4.69, 9.17) is 16.3 Å². The SMILES string of the molecule is CCCCCCOCc1nc(NCCC)ccc1Cl. The Morgan fingerprint density at radius 2 is 2.00 bits per heavy atom. The maximum Gasteiger partial charge on any atom is 0.126 e. The van der Waals surface area contributed by atoms with Crippen LogP contribution in [0.4, 0.5) is 5.82 Å². The summed E-state index contributed by atoms with van der Waals surface area (Å²) in [5.41, 5.74) is 0.818. The van der Waals surface area contributed by atoms with Crippen LogP contribution < -0.4 is 5.32 Å². The highest BCUT2D eigenvalue weighted by molar-refractivity contribution is 6.31. The van der Waals surface area contributed by atoms with Crippen LogP contribution >= 0.6 is 11.6 Å². The third kappa shape index (κ3) is 6.79. The molecule has 0 atom stereocenters. The van der Waals surface area contributed by atoms with Gasteiger partial charge in [-0.2, -0.15) is 0 Å². The van der Waals surface area contributed by atoms with Gasteiger partial charge in [0.2, 0.25) is 0 Å². The molecule has 0 saturated carbocycles. The summed E-state index contributed by atoms with van der Waals surface area (Å²) in [6, 6.07) is 3.78. The van der Waals surface area contributed by atoms with Crippen molar-refractivity contribution in [2.45, 2.75) is 52.6 Å². The molecule has 1 heterocycles. The number of aromatic nitrogens is 1. The lowest BCUT2D eigenvalue weighted by atomic mass is 10.2. The lowest BCUT2D eigenvalue weighted by molar-refractivity contribution is 0.114. The molecule has 0 unspecified atom stereocenters. The van der Waals surface area contributed by atoms with Crippen molar-refractivity contribution in [3.8, 4) is 0 Å². The number of anilines is 1. The zero-order chi connectivity index (χ0) is 13.9. The summed E-state index contributed by atoms with van der Waals surface area (Å²) in [7, 11) is 0. The molecular weight excluding hydrogens is 260 g/mol. The van der Waals surface area contributed by atoms with Gasteiger partial charge in [-0.25, -0.2) is 4.98 Å². The van der Waals surface area contributed by atoms with E-state index >= 15 is 0 Å². The maximum absolute atomic E-state index is 6.12. The molecule has 108 valence electrons. The molecule has 0 saturated heterocycles. The Kier molecular flexibility index (Phi) is 8.59. The largest absolute Gasteiger partial charge is 0.375 e. The van der Waals surface area contributed by atoms with Crippen molar-refractivity contribution in [2.75, 3.05) is 18.5 Å². The van der Waals surface area contributed by atoms with Crippen LogP contribution in [0, 0.1) is 0 Å². The standard InChI is InChI=1S/C15H25ClN2O/c1-3-5-6-7-11-19-12-14-13(16)8-9-15(18-14)17-10-4-2/h8-9H,3-7,10-12H2,1-2H3,(H,17,18). The Morgan fingerprint density at radius 3 is 2.74 bits per heavy atom. The molecule has 4 heteroatoms. The van der Waals surface area contributed by atoms with Gasteiger partial charge in [0.1, 0.15) is 5.82 Å². The van der Waals surface area contributed by atoms with Gasteiger partial charge in [-0.3, -0.25) is 0 Å². The lowest BCUT2D eigenvalue weighted by Gasteiger charge is -2.09. The number of nitrogens with zero attached hydrogens (tertiary/aromatic N) is 1. The molecule has 3 nitrogen and oxygen atoms in total. The van der Waals surface area contributed by atoms with Crippen LogP contribution in [-0.2, 0) is 11.3 Å². The van der Waals surface area contributed by atoms with Crippen molar-refractivity contribution in [1.82, 2.24) is 4.98 Å². The van der Waals surface area contributed by atoms with Crippen molar-refractivity contribution < 1.29 is 4.74 Å². The van der Waals surface area contributed by atoms with Crippen molar-refractivity contribution in [1.29, 1.82) is 0 Å². The Balaban J connectivity index is 2.34. The van der Waals surface area contributed by atoms with Gasteiger partial charge in [-0.1, -0.05) is 44.7 Å². The molecule has 0 fully saturated rings. The maximum atomic E-state index is 6.12. The van der Waals surface area contributed by atoms with E-state index in [1.54, 1.807) is 0 Å². The molecule has 1 rings (SSSR count). The first kappa shape index (κ1) is 16.3. The van der Waals surface area contributed by atoms with E-state index in [0.717, 1.165) is 37.5 Å². The second-order valence-corrected chi connectivity index (χ2v) is 5.07. The van der Waals surface area contributed by atoms with Gasteiger partial charge in [-0.15, -0.1) is 0 Å². The summed E-state index contributed by atoms with van der Waals surface area (Å²) in [4.78, 5) is 4.48. The van der Waals surface area contributed by atoms with E-state index in [1.807, 2.05) is 12.1 Å². The Morgan fingerprint density at radius 1 is 1.16 bits per heavy atom. The summed E-state index contributed by atoms with van der Waals surface area (Å²) < 4.78 is 5.63. The van der Waals surface area contributed by atoms with E-state index in [2.05, 4.69) is 24.1 Å². The Bertz CT molecular complexity index is 358. The van der Waals surface area contributed by atoms with Crippen LogP contribution in [0.5, 0.6) is 0 Å². The number of rotatable bonds is 10. The van der Waals surface area contributed by atoms with E-state index in [-0.39, 0.29) is 0 Å². The average Bonchev–Trinajstić information content (AvgIpc) is 2.43. The molecule has 0 aliphatic heterocycles. The highest BCUT2D eigenvalue weighted by Crippen LogP contribution is 2.17. The molecule has 0 spiro atoms. The highest BCUT2D eigenvalue weighted by atomic mass is 35.5. The number of hydrogen-bond donors (Lipinski definition) is 1. The molecule has 0 aliphatic rings. The lowest BCUT2D eigenvalue weighted by Crippen LogP contribution is -2.05. The monoisotopic (exact) mass is 284 g/mol. The van der Waals surface area contributed by atoms with Crippen molar-refractivity contribution in [2.24, 2.45) is 0 Å². The summed E-state index contributed by atoms with van der Waals surface area (Å²) in [5.74, 6) is 0.871. The first-order chi connectivity index (χ1) is 9.27. The molecule has 0 aliphatic carbocycles. The number of unbranched alkanes of at least 4 members (excludes halogenated alkanes) is 3. The third-order valence-corrected chi connectivity index (χ3v) is 3.20. The number of pyridine rings is 1. The molecule has 1 N–H and O–H groups in total. The fraction of sp³-hybridized carbons (Fsp3) is 0.667. The summed E-state index contributed by atoms with van der Waals surface area (Å²) >= 11 is 6.12. The van der Waals surface area contributed by atoms with E-state index in [1.165, 1.54) is 19.3 Å². The van der Waals surface area contributed by atoms with Crippen LogP contribution in [0.3, 0.4) is 0 Å². The highest BCUT2D eigenvalue weighted by Gasteiger charge is 2.04. The summed E-state index contributed by atoms with van der Waals surface area (Å²) in [6.07, 6.45) is 5.94. The Labute approximate surface area is 121 Å². The fourth-order valence-electron chi connectivity index (χ4n) is 1.74. The first-order valence-corrected chi connectivity index (χ1v) is 7.62. The van der Waals surface area contributed by atoms with Gasteiger partial charge in [0.25, 0.3) is 0 Å². The first-order valence-electron chi connectivity index (χ1n) is 7.25. The van der Waals surface area contributed by atoms with Gasteiger partial charge < -0.3 is 10.1 Å². The smallest absolute Gasteiger partial charge is 0.126 e. The minimum atomic E-state index is 0.493. The zero-order valence-electron chi connectivity index (χ0n) is 12.0. The molecular formula is C15H25ClN2O. The molecule has 0 amide bonds. The predicted molar refractivity (Wildman–Crippen MR) is 81.8 cm³/mol. The van der Waals surface area contributed by atoms with Gasteiger partial charge in [0, 0.05) is 13.2 Å². The predicted octanol–water partition coefficient (Wildman–Crippen LogP) is 4.65. The third-order valence-electron chi connectivity index (χ3n) is 2.86. The normalized spacial score (nSPS) is 10.7. The van der Waals surface area contributed by atoms with Crippen molar-refractivity contribution >= 4 is 17.4 Å². The summed E-state index contributed by atoms with van der Waals surface area (Å²) in [5, 5.41) is 3.93. The molecule has 0 bridgehead atoms. The van der Waals surface area contributed by atoms with E-state index in [0.29, 0.717) is 11.6 Å². The van der Waals surface area contributed by atoms with Crippen LogP contribution in [0.15, 0.2) is 12.1 Å². The average molecular weight is 285 g/mol. The second-order valence-electron chi connectivity index (χ2n) is 4.67. The van der Waals surface area contributed by atoms with E-state index in [9.17, 15) is 0 Å². The van der Waals surface area contributed by atoms with Gasteiger partial charge in [0.05, 0.1) is 17.3 Å². The van der Waals surface area contributed by atoms with Gasteiger partial charge in [-0.05, 0) is 25.0 Å². The summed E-state index contributed by atoms with van der Waals surface area (Å²) in [6.45, 7) is 6.53.